The summed E-state index contributed by atoms with van der Waals surface area (Å²) in [4.78, 5) is 13.1. The zero-order chi connectivity index (χ0) is 14.4. The zero-order valence-electron chi connectivity index (χ0n) is 11.8. The number of rotatable bonds is 6. The van der Waals surface area contributed by atoms with E-state index in [0.29, 0.717) is 6.61 Å². The van der Waals surface area contributed by atoms with Crippen LogP contribution in [0.2, 0.25) is 0 Å². The molecule has 1 N–H and O–H groups in total. The van der Waals surface area contributed by atoms with Crippen LogP contribution in [0, 0.1) is 0 Å². The van der Waals surface area contributed by atoms with Gasteiger partial charge in [0.05, 0.1) is 4.88 Å². The van der Waals surface area contributed by atoms with Crippen LogP contribution in [0.25, 0.3) is 11.1 Å². The Hall–Kier alpha value is -1.65. The lowest BCUT2D eigenvalue weighted by Crippen LogP contribution is -2.33. The number of carbonyl (C=O) groups excluding carboxylic acids is 1. The molecule has 2 rings (SSSR count). The van der Waals surface area contributed by atoms with Crippen LogP contribution in [0.1, 0.15) is 23.0 Å². The molecule has 1 aromatic heterocycles. The molecule has 1 atom stereocenters. The quantitative estimate of drug-likeness (QED) is 0.883. The second kappa shape index (κ2) is 7.22. The minimum absolute atomic E-state index is 0.0116. The second-order valence-corrected chi connectivity index (χ2v) is 5.60. The fourth-order valence-electron chi connectivity index (χ4n) is 1.99. The first-order valence-electron chi connectivity index (χ1n) is 6.65. The number of nitrogens with one attached hydrogen (secondary N) is 1. The van der Waals surface area contributed by atoms with Gasteiger partial charge in [-0.2, -0.15) is 0 Å². The van der Waals surface area contributed by atoms with Crippen molar-refractivity contribution < 1.29 is 9.53 Å². The molecule has 1 unspecified atom stereocenters. The Bertz CT molecular complexity index is 551. The first-order valence-corrected chi connectivity index (χ1v) is 7.53. The number of hydrogen-bond donors (Lipinski definition) is 1. The van der Waals surface area contributed by atoms with E-state index in [1.54, 1.807) is 7.11 Å². The molecular formula is C16H19NO2S. The molecule has 0 saturated carbocycles. The van der Waals surface area contributed by atoms with E-state index in [2.05, 4.69) is 5.32 Å². The third-order valence-electron chi connectivity index (χ3n) is 3.09. The molecule has 0 aliphatic carbocycles. The lowest BCUT2D eigenvalue weighted by atomic mass is 10.1. The van der Waals surface area contributed by atoms with E-state index in [1.807, 2.05) is 48.7 Å². The summed E-state index contributed by atoms with van der Waals surface area (Å²) in [7, 11) is 1.67. The minimum Gasteiger partial charge on any atom is -0.385 e. The van der Waals surface area contributed by atoms with Gasteiger partial charge in [0.2, 0.25) is 0 Å². The van der Waals surface area contributed by atoms with Crippen LogP contribution in [0.5, 0.6) is 0 Å². The molecule has 0 aliphatic rings. The van der Waals surface area contributed by atoms with Crippen molar-refractivity contribution in [2.75, 3.05) is 13.7 Å². The highest BCUT2D eigenvalue weighted by atomic mass is 32.1. The molecule has 20 heavy (non-hydrogen) atoms. The van der Waals surface area contributed by atoms with E-state index in [-0.39, 0.29) is 11.9 Å². The van der Waals surface area contributed by atoms with Crippen molar-refractivity contribution >= 4 is 17.2 Å². The Labute approximate surface area is 123 Å². The van der Waals surface area contributed by atoms with Crippen LogP contribution >= 0.6 is 11.3 Å². The van der Waals surface area contributed by atoms with Crippen molar-refractivity contribution in [2.24, 2.45) is 0 Å². The maximum atomic E-state index is 12.3. The van der Waals surface area contributed by atoms with Gasteiger partial charge in [-0.05, 0) is 30.4 Å². The van der Waals surface area contributed by atoms with Gasteiger partial charge in [0, 0.05) is 25.3 Å². The Kier molecular flexibility index (Phi) is 5.32. The Morgan fingerprint density at radius 2 is 2.05 bits per heavy atom. The first kappa shape index (κ1) is 14.8. The van der Waals surface area contributed by atoms with Gasteiger partial charge in [0.1, 0.15) is 0 Å². The van der Waals surface area contributed by atoms with Crippen molar-refractivity contribution in [3.8, 4) is 11.1 Å². The summed E-state index contributed by atoms with van der Waals surface area (Å²) in [6, 6.07) is 12.1. The maximum Gasteiger partial charge on any atom is 0.262 e. The van der Waals surface area contributed by atoms with Crippen molar-refractivity contribution in [3.05, 3.63) is 46.7 Å². The van der Waals surface area contributed by atoms with Crippen LogP contribution in [-0.2, 0) is 4.74 Å². The van der Waals surface area contributed by atoms with E-state index in [0.717, 1.165) is 22.4 Å². The molecular weight excluding hydrogens is 270 g/mol. The second-order valence-electron chi connectivity index (χ2n) is 4.69. The highest BCUT2D eigenvalue weighted by molar-refractivity contribution is 7.12. The highest BCUT2D eigenvalue weighted by Crippen LogP contribution is 2.28. The molecule has 0 bridgehead atoms. The summed E-state index contributed by atoms with van der Waals surface area (Å²) in [5, 5.41) is 4.97. The molecule has 106 valence electrons. The average Bonchev–Trinajstić information content (AvgIpc) is 2.95. The summed E-state index contributed by atoms with van der Waals surface area (Å²) < 4.78 is 5.03. The predicted octanol–water partition coefficient (Wildman–Crippen LogP) is 3.57. The van der Waals surface area contributed by atoms with Crippen molar-refractivity contribution in [3.63, 3.8) is 0 Å². The minimum atomic E-state index is -0.0116. The van der Waals surface area contributed by atoms with Crippen molar-refractivity contribution in [2.45, 2.75) is 19.4 Å². The van der Waals surface area contributed by atoms with Crippen LogP contribution in [0.3, 0.4) is 0 Å². The van der Waals surface area contributed by atoms with Gasteiger partial charge >= 0.3 is 0 Å². The molecule has 0 fully saturated rings. The summed E-state index contributed by atoms with van der Waals surface area (Å²) in [5.74, 6) is -0.0116. The monoisotopic (exact) mass is 289 g/mol. The Balaban J connectivity index is 2.10. The van der Waals surface area contributed by atoms with Gasteiger partial charge in [0.25, 0.3) is 5.91 Å². The number of methoxy groups -OCH3 is 1. The number of carbonyl (C=O) groups is 1. The van der Waals surface area contributed by atoms with Crippen molar-refractivity contribution in [1.29, 1.82) is 0 Å². The van der Waals surface area contributed by atoms with E-state index in [9.17, 15) is 4.79 Å². The molecule has 1 aromatic carbocycles. The SMILES string of the molecule is COCCC(C)NC(=O)c1sccc1-c1ccccc1. The topological polar surface area (TPSA) is 38.3 Å². The van der Waals surface area contributed by atoms with E-state index in [1.165, 1.54) is 11.3 Å². The van der Waals surface area contributed by atoms with Crippen LogP contribution in [-0.4, -0.2) is 25.7 Å². The van der Waals surface area contributed by atoms with Gasteiger partial charge < -0.3 is 10.1 Å². The summed E-state index contributed by atoms with van der Waals surface area (Å²) >= 11 is 1.48. The number of amides is 1. The molecule has 1 heterocycles. The summed E-state index contributed by atoms with van der Waals surface area (Å²) in [5.41, 5.74) is 2.07. The third-order valence-corrected chi connectivity index (χ3v) is 4.00. The van der Waals surface area contributed by atoms with Crippen LogP contribution in [0.15, 0.2) is 41.8 Å². The van der Waals surface area contributed by atoms with Gasteiger partial charge in [-0.15, -0.1) is 11.3 Å². The molecule has 4 heteroatoms. The summed E-state index contributed by atoms with van der Waals surface area (Å²) in [6.45, 7) is 2.64. The maximum absolute atomic E-state index is 12.3. The molecule has 0 spiro atoms. The van der Waals surface area contributed by atoms with Gasteiger partial charge in [-0.3, -0.25) is 4.79 Å². The van der Waals surface area contributed by atoms with E-state index in [4.69, 9.17) is 4.74 Å². The molecule has 2 aromatic rings. The van der Waals surface area contributed by atoms with Gasteiger partial charge in [0.15, 0.2) is 0 Å². The lowest BCUT2D eigenvalue weighted by Gasteiger charge is -2.13. The largest absolute Gasteiger partial charge is 0.385 e. The normalized spacial score (nSPS) is 12.1. The predicted molar refractivity (Wildman–Crippen MR) is 83.2 cm³/mol. The Morgan fingerprint density at radius 1 is 1.30 bits per heavy atom. The number of thiophene rings is 1. The molecule has 0 radical (unpaired) electrons. The zero-order valence-corrected chi connectivity index (χ0v) is 12.6. The molecule has 0 aliphatic heterocycles. The van der Waals surface area contributed by atoms with Crippen LogP contribution in [0.4, 0.5) is 0 Å². The molecule has 0 saturated heterocycles. The fraction of sp³-hybridized carbons (Fsp3) is 0.312. The molecule has 3 nitrogen and oxygen atoms in total. The van der Waals surface area contributed by atoms with Gasteiger partial charge in [-0.25, -0.2) is 0 Å². The average molecular weight is 289 g/mol. The smallest absolute Gasteiger partial charge is 0.262 e. The summed E-state index contributed by atoms with van der Waals surface area (Å²) in [6.07, 6.45) is 0.814. The third kappa shape index (κ3) is 3.68. The highest BCUT2D eigenvalue weighted by Gasteiger charge is 2.16. The van der Waals surface area contributed by atoms with E-state index >= 15 is 0 Å². The Morgan fingerprint density at radius 3 is 2.75 bits per heavy atom. The fourth-order valence-corrected chi connectivity index (χ4v) is 2.81. The number of ether oxygens (including phenoxy) is 1. The van der Waals surface area contributed by atoms with Crippen LogP contribution < -0.4 is 5.32 Å². The van der Waals surface area contributed by atoms with Gasteiger partial charge in [-0.1, -0.05) is 30.3 Å². The standard InChI is InChI=1S/C16H19NO2S/c1-12(8-10-19-2)17-16(18)15-14(9-11-20-15)13-6-4-3-5-7-13/h3-7,9,11-12H,8,10H2,1-2H3,(H,17,18). The number of hydrogen-bond acceptors (Lipinski definition) is 3. The van der Waals surface area contributed by atoms with Crippen molar-refractivity contribution in [1.82, 2.24) is 5.32 Å². The lowest BCUT2D eigenvalue weighted by molar-refractivity contribution is 0.0934. The van der Waals surface area contributed by atoms with E-state index < -0.39 is 0 Å². The first-order chi connectivity index (χ1) is 9.72. The molecule has 1 amide bonds. The number of benzene rings is 1.